The number of rotatable bonds is 4. The maximum Gasteiger partial charge on any atom is 0.226 e. The summed E-state index contributed by atoms with van der Waals surface area (Å²) in [5, 5.41) is 6.88. The van der Waals surface area contributed by atoms with Gasteiger partial charge in [0.1, 0.15) is 0 Å². The minimum atomic E-state index is -0.405. The van der Waals surface area contributed by atoms with Crippen LogP contribution in [0.15, 0.2) is 12.3 Å². The molecular weight excluding hydrogens is 310 g/mol. The van der Waals surface area contributed by atoms with Gasteiger partial charge in [0.05, 0.1) is 11.6 Å². The Labute approximate surface area is 141 Å². The molecule has 24 heavy (non-hydrogen) atoms. The van der Waals surface area contributed by atoms with Crippen LogP contribution in [0.4, 0.5) is 0 Å². The first kappa shape index (κ1) is 18.0. The second-order valence-corrected chi connectivity index (χ2v) is 6.09. The van der Waals surface area contributed by atoms with Crippen LogP contribution in [0.25, 0.3) is 0 Å². The summed E-state index contributed by atoms with van der Waals surface area (Å²) in [6.07, 6.45) is 2.16. The Morgan fingerprint density at radius 2 is 1.92 bits per heavy atom. The van der Waals surface area contributed by atoms with E-state index in [1.54, 1.807) is 21.5 Å². The molecule has 0 radical (unpaired) electrons. The predicted octanol–water partition coefficient (Wildman–Crippen LogP) is -0.365. The van der Waals surface area contributed by atoms with Gasteiger partial charge in [-0.2, -0.15) is 5.10 Å². The van der Waals surface area contributed by atoms with Crippen molar-refractivity contribution in [2.75, 3.05) is 33.2 Å². The Morgan fingerprint density at radius 3 is 2.50 bits per heavy atom. The summed E-state index contributed by atoms with van der Waals surface area (Å²) in [5.41, 5.74) is 0.911. The molecule has 0 bridgehead atoms. The average Bonchev–Trinajstić information content (AvgIpc) is 2.84. The van der Waals surface area contributed by atoms with Crippen molar-refractivity contribution in [3.63, 3.8) is 0 Å². The van der Waals surface area contributed by atoms with Gasteiger partial charge in [-0.3, -0.25) is 19.1 Å². The number of hydrogen-bond acceptors (Lipinski definition) is 4. The van der Waals surface area contributed by atoms with E-state index in [9.17, 15) is 14.4 Å². The van der Waals surface area contributed by atoms with Gasteiger partial charge in [0.2, 0.25) is 17.7 Å². The van der Waals surface area contributed by atoms with E-state index in [2.05, 4.69) is 10.4 Å². The molecule has 1 aliphatic heterocycles. The van der Waals surface area contributed by atoms with Crippen molar-refractivity contribution in [3.05, 3.63) is 18.0 Å². The van der Waals surface area contributed by atoms with Crippen LogP contribution >= 0.6 is 0 Å². The second-order valence-electron chi connectivity index (χ2n) is 6.09. The lowest BCUT2D eigenvalue weighted by atomic mass is 10.1. The quantitative estimate of drug-likeness (QED) is 0.814. The zero-order valence-corrected chi connectivity index (χ0v) is 14.5. The second kappa shape index (κ2) is 7.94. The van der Waals surface area contributed by atoms with Gasteiger partial charge in [-0.1, -0.05) is 0 Å². The molecule has 0 saturated carbocycles. The zero-order valence-electron chi connectivity index (χ0n) is 14.5. The molecule has 1 saturated heterocycles. The standard InChI is InChI=1S/C16H25N5O3/c1-12-4-6-21(18-12)7-5-15(23)20-9-8-19(13(2)22)10-14(11-20)16(24)17-3/h4,6,14H,5,7-11H2,1-3H3,(H,17,24)/t14-/m0/s1. The number of aromatic nitrogens is 2. The maximum atomic E-state index is 12.5. The summed E-state index contributed by atoms with van der Waals surface area (Å²) in [7, 11) is 1.57. The van der Waals surface area contributed by atoms with Crippen LogP contribution in [-0.4, -0.2) is 70.5 Å². The Morgan fingerprint density at radius 1 is 1.25 bits per heavy atom. The highest BCUT2D eigenvalue weighted by atomic mass is 16.2. The van der Waals surface area contributed by atoms with Crippen LogP contribution in [-0.2, 0) is 20.9 Å². The fourth-order valence-electron chi connectivity index (χ4n) is 2.85. The lowest BCUT2D eigenvalue weighted by molar-refractivity contribution is -0.133. The van der Waals surface area contributed by atoms with Crippen LogP contribution in [0, 0.1) is 12.8 Å². The van der Waals surface area contributed by atoms with E-state index < -0.39 is 5.92 Å². The summed E-state index contributed by atoms with van der Waals surface area (Å²) in [5.74, 6) is -0.659. The highest BCUT2D eigenvalue weighted by Crippen LogP contribution is 2.12. The van der Waals surface area contributed by atoms with Crippen molar-refractivity contribution < 1.29 is 14.4 Å². The van der Waals surface area contributed by atoms with Crippen molar-refractivity contribution in [3.8, 4) is 0 Å². The average molecular weight is 335 g/mol. The minimum absolute atomic E-state index is 0.0255. The van der Waals surface area contributed by atoms with E-state index in [0.29, 0.717) is 39.1 Å². The summed E-state index contributed by atoms with van der Waals surface area (Å²) < 4.78 is 1.74. The lowest BCUT2D eigenvalue weighted by Gasteiger charge is -2.23. The van der Waals surface area contributed by atoms with E-state index in [4.69, 9.17) is 0 Å². The zero-order chi connectivity index (χ0) is 17.7. The van der Waals surface area contributed by atoms with Crippen molar-refractivity contribution in [1.82, 2.24) is 24.9 Å². The summed E-state index contributed by atoms with van der Waals surface area (Å²) in [4.78, 5) is 39.5. The molecule has 1 fully saturated rings. The van der Waals surface area contributed by atoms with Crippen molar-refractivity contribution >= 4 is 17.7 Å². The van der Waals surface area contributed by atoms with Gasteiger partial charge in [0.15, 0.2) is 0 Å². The van der Waals surface area contributed by atoms with Gasteiger partial charge in [-0.25, -0.2) is 0 Å². The lowest BCUT2D eigenvalue weighted by Crippen LogP contribution is -2.42. The Bertz CT molecular complexity index is 613. The van der Waals surface area contributed by atoms with Gasteiger partial charge in [-0.15, -0.1) is 0 Å². The van der Waals surface area contributed by atoms with E-state index in [-0.39, 0.29) is 17.7 Å². The number of nitrogens with zero attached hydrogens (tertiary/aromatic N) is 4. The minimum Gasteiger partial charge on any atom is -0.359 e. The molecule has 0 unspecified atom stereocenters. The highest BCUT2D eigenvalue weighted by molar-refractivity contribution is 5.82. The summed E-state index contributed by atoms with van der Waals surface area (Å²) >= 11 is 0. The maximum absolute atomic E-state index is 12.5. The summed E-state index contributed by atoms with van der Waals surface area (Å²) in [6, 6.07) is 1.89. The number of nitrogens with one attached hydrogen (secondary N) is 1. The summed E-state index contributed by atoms with van der Waals surface area (Å²) in [6.45, 7) is 5.47. The third kappa shape index (κ3) is 4.56. The SMILES string of the molecule is CNC(=O)[C@H]1CN(C(C)=O)CCN(C(=O)CCn2ccc(C)n2)C1. The Balaban J connectivity index is 2.00. The first-order valence-electron chi connectivity index (χ1n) is 8.15. The molecule has 0 aliphatic carbocycles. The van der Waals surface area contributed by atoms with Crippen LogP contribution in [0.1, 0.15) is 19.0 Å². The van der Waals surface area contributed by atoms with Crippen LogP contribution in [0.5, 0.6) is 0 Å². The molecule has 8 nitrogen and oxygen atoms in total. The molecule has 0 aromatic carbocycles. The number of carbonyl (C=O) groups is 3. The van der Waals surface area contributed by atoms with E-state index in [0.717, 1.165) is 5.69 Å². The molecule has 2 heterocycles. The molecule has 0 spiro atoms. The third-order valence-electron chi connectivity index (χ3n) is 4.27. The number of hydrogen-bond donors (Lipinski definition) is 1. The van der Waals surface area contributed by atoms with Crippen molar-refractivity contribution in [1.29, 1.82) is 0 Å². The molecule has 132 valence electrons. The first-order chi connectivity index (χ1) is 11.4. The fourth-order valence-corrected chi connectivity index (χ4v) is 2.85. The number of carbonyl (C=O) groups excluding carboxylic acids is 3. The van der Waals surface area contributed by atoms with Crippen LogP contribution < -0.4 is 5.32 Å². The predicted molar refractivity (Wildman–Crippen MR) is 88.0 cm³/mol. The number of aryl methyl sites for hydroxylation is 2. The van der Waals surface area contributed by atoms with Crippen molar-refractivity contribution in [2.45, 2.75) is 26.8 Å². The molecule has 8 heteroatoms. The molecule has 2 rings (SSSR count). The molecule has 1 atom stereocenters. The number of amides is 3. The molecule has 3 amide bonds. The molecule has 1 aromatic heterocycles. The molecule has 1 N–H and O–H groups in total. The largest absolute Gasteiger partial charge is 0.359 e. The van der Waals surface area contributed by atoms with Gasteiger partial charge in [-0.05, 0) is 13.0 Å². The normalized spacial score (nSPS) is 18.2. The smallest absolute Gasteiger partial charge is 0.226 e. The van der Waals surface area contributed by atoms with Crippen LogP contribution in [0.2, 0.25) is 0 Å². The van der Waals surface area contributed by atoms with Gasteiger partial charge in [0.25, 0.3) is 0 Å². The highest BCUT2D eigenvalue weighted by Gasteiger charge is 2.30. The van der Waals surface area contributed by atoms with E-state index in [1.165, 1.54) is 6.92 Å². The van der Waals surface area contributed by atoms with Gasteiger partial charge < -0.3 is 15.1 Å². The Hall–Kier alpha value is -2.38. The first-order valence-corrected chi connectivity index (χ1v) is 8.15. The molecular formula is C16H25N5O3. The van der Waals surface area contributed by atoms with E-state index >= 15 is 0 Å². The fraction of sp³-hybridized carbons (Fsp3) is 0.625. The van der Waals surface area contributed by atoms with E-state index in [1.807, 2.05) is 19.2 Å². The topological polar surface area (TPSA) is 87.5 Å². The molecule has 1 aliphatic rings. The molecule has 1 aromatic rings. The van der Waals surface area contributed by atoms with Crippen LogP contribution in [0.3, 0.4) is 0 Å². The third-order valence-corrected chi connectivity index (χ3v) is 4.27. The monoisotopic (exact) mass is 335 g/mol. The van der Waals surface area contributed by atoms with Gasteiger partial charge in [0, 0.05) is 59.3 Å². The van der Waals surface area contributed by atoms with Crippen molar-refractivity contribution in [2.24, 2.45) is 5.92 Å². The Kier molecular flexibility index (Phi) is 5.94. The van der Waals surface area contributed by atoms with Gasteiger partial charge >= 0.3 is 0 Å².